The number of aromatic nitrogens is 2. The first kappa shape index (κ1) is 22.9. The summed E-state index contributed by atoms with van der Waals surface area (Å²) in [5, 5.41) is 7.61. The molecule has 1 N–H and O–H groups in total. The van der Waals surface area contributed by atoms with Gasteiger partial charge in [0.2, 0.25) is 5.91 Å². The van der Waals surface area contributed by atoms with Crippen LogP contribution in [0.5, 0.6) is 5.75 Å². The Kier molecular flexibility index (Phi) is 6.82. The Bertz CT molecular complexity index is 1310. The highest BCUT2D eigenvalue weighted by Crippen LogP contribution is 2.25. The summed E-state index contributed by atoms with van der Waals surface area (Å²) >= 11 is 0. The average Bonchev–Trinajstić information content (AvgIpc) is 3.28. The highest BCUT2D eigenvalue weighted by Gasteiger charge is 2.15. The van der Waals surface area contributed by atoms with Crippen LogP contribution >= 0.6 is 0 Å². The number of halogens is 1. The third kappa shape index (κ3) is 5.20. The minimum absolute atomic E-state index is 0.0585. The van der Waals surface area contributed by atoms with E-state index < -0.39 is 0 Å². The van der Waals surface area contributed by atoms with Gasteiger partial charge >= 0.3 is 0 Å². The van der Waals surface area contributed by atoms with E-state index in [1.165, 1.54) is 26.2 Å². The van der Waals surface area contributed by atoms with Crippen molar-refractivity contribution in [3.63, 3.8) is 0 Å². The molecule has 0 bridgehead atoms. The Morgan fingerprint density at radius 3 is 2.41 bits per heavy atom. The van der Waals surface area contributed by atoms with E-state index >= 15 is 0 Å². The molecule has 1 aromatic heterocycles. The maximum Gasteiger partial charge on any atom is 0.224 e. The van der Waals surface area contributed by atoms with E-state index in [-0.39, 0.29) is 30.5 Å². The van der Waals surface area contributed by atoms with Crippen molar-refractivity contribution in [3.8, 4) is 22.7 Å². The molecule has 0 fully saturated rings. The summed E-state index contributed by atoms with van der Waals surface area (Å²) < 4.78 is 20.5. The first-order valence-corrected chi connectivity index (χ1v) is 10.8. The lowest BCUT2D eigenvalue weighted by atomic mass is 10.0. The molecule has 1 heterocycles. The van der Waals surface area contributed by atoms with E-state index in [0.29, 0.717) is 22.6 Å². The van der Waals surface area contributed by atoms with E-state index in [1.807, 2.05) is 36.5 Å². The topological polar surface area (TPSA) is 73.2 Å². The van der Waals surface area contributed by atoms with Crippen molar-refractivity contribution in [2.24, 2.45) is 0 Å². The van der Waals surface area contributed by atoms with Gasteiger partial charge in [0.25, 0.3) is 0 Å². The Hall–Kier alpha value is -4.26. The Balaban J connectivity index is 1.57. The number of benzene rings is 3. The van der Waals surface area contributed by atoms with Crippen molar-refractivity contribution < 1.29 is 18.7 Å². The molecular formula is C27H24FN3O3. The van der Waals surface area contributed by atoms with Gasteiger partial charge in [-0.3, -0.25) is 9.59 Å². The molecule has 0 spiro atoms. The van der Waals surface area contributed by atoms with Crippen molar-refractivity contribution in [2.45, 2.75) is 19.9 Å². The van der Waals surface area contributed by atoms with Gasteiger partial charge in [-0.2, -0.15) is 5.10 Å². The monoisotopic (exact) mass is 457 g/mol. The average molecular weight is 458 g/mol. The molecule has 0 unspecified atom stereocenters. The molecule has 6 nitrogen and oxygen atoms in total. The fraction of sp³-hybridized carbons (Fsp3) is 0.148. The molecule has 4 aromatic rings. The van der Waals surface area contributed by atoms with Crippen molar-refractivity contribution in [1.82, 2.24) is 15.1 Å². The molecule has 34 heavy (non-hydrogen) atoms. The Morgan fingerprint density at radius 1 is 1.00 bits per heavy atom. The molecule has 0 aliphatic carbocycles. The number of amides is 1. The number of nitrogens with zero attached hydrogens (tertiary/aromatic N) is 2. The van der Waals surface area contributed by atoms with Crippen molar-refractivity contribution in [1.29, 1.82) is 0 Å². The third-order valence-corrected chi connectivity index (χ3v) is 5.44. The number of nitrogens with one attached hydrogen (secondary N) is 1. The van der Waals surface area contributed by atoms with Gasteiger partial charge in [0.1, 0.15) is 11.6 Å². The van der Waals surface area contributed by atoms with Crippen molar-refractivity contribution in [3.05, 3.63) is 102 Å². The van der Waals surface area contributed by atoms with Gasteiger partial charge in [0.15, 0.2) is 5.78 Å². The van der Waals surface area contributed by atoms with Crippen LogP contribution in [-0.2, 0) is 17.8 Å². The molecule has 4 rings (SSSR count). The van der Waals surface area contributed by atoms with Gasteiger partial charge in [-0.25, -0.2) is 9.07 Å². The molecule has 3 aromatic carbocycles. The smallest absolute Gasteiger partial charge is 0.224 e. The predicted octanol–water partition coefficient (Wildman–Crippen LogP) is 4.75. The van der Waals surface area contributed by atoms with Gasteiger partial charge in [-0.1, -0.05) is 18.2 Å². The van der Waals surface area contributed by atoms with E-state index in [4.69, 9.17) is 4.74 Å². The zero-order valence-electron chi connectivity index (χ0n) is 18.9. The summed E-state index contributed by atoms with van der Waals surface area (Å²) in [6.45, 7) is 1.71. The fourth-order valence-corrected chi connectivity index (χ4v) is 3.67. The molecule has 0 saturated carbocycles. The second-order valence-electron chi connectivity index (χ2n) is 7.83. The molecule has 0 atom stereocenters. The zero-order valence-corrected chi connectivity index (χ0v) is 18.9. The van der Waals surface area contributed by atoms with Crippen LogP contribution in [0.1, 0.15) is 28.4 Å². The molecule has 7 heteroatoms. The number of carbonyl (C=O) groups excluding carboxylic acids is 2. The number of ether oxygens (including phenoxy) is 1. The minimum Gasteiger partial charge on any atom is -0.496 e. The lowest BCUT2D eigenvalue weighted by molar-refractivity contribution is -0.120. The maximum atomic E-state index is 13.5. The molecular weight excluding hydrogens is 433 g/mol. The molecule has 0 aliphatic rings. The van der Waals surface area contributed by atoms with Crippen molar-refractivity contribution >= 4 is 11.7 Å². The van der Waals surface area contributed by atoms with Gasteiger partial charge in [0.05, 0.1) is 24.9 Å². The lowest BCUT2D eigenvalue weighted by Gasteiger charge is -2.10. The predicted molar refractivity (Wildman–Crippen MR) is 128 cm³/mol. The number of carbonyl (C=O) groups is 2. The van der Waals surface area contributed by atoms with E-state index in [9.17, 15) is 14.0 Å². The quantitative estimate of drug-likeness (QED) is 0.388. The number of hydrogen-bond donors (Lipinski definition) is 1. The molecule has 0 saturated heterocycles. The Morgan fingerprint density at radius 2 is 1.74 bits per heavy atom. The van der Waals surface area contributed by atoms with Crippen LogP contribution in [0.3, 0.4) is 0 Å². The summed E-state index contributed by atoms with van der Waals surface area (Å²) in [5.74, 6) is -0.0926. The second kappa shape index (κ2) is 10.1. The summed E-state index contributed by atoms with van der Waals surface area (Å²) in [6.07, 6.45) is 1.91. The van der Waals surface area contributed by atoms with Crippen LogP contribution in [0.2, 0.25) is 0 Å². The van der Waals surface area contributed by atoms with Crippen LogP contribution in [-0.4, -0.2) is 28.6 Å². The number of hydrogen-bond acceptors (Lipinski definition) is 4. The highest BCUT2D eigenvalue weighted by atomic mass is 19.1. The normalized spacial score (nSPS) is 10.7. The van der Waals surface area contributed by atoms with Gasteiger partial charge in [0, 0.05) is 35.0 Å². The van der Waals surface area contributed by atoms with Gasteiger partial charge < -0.3 is 10.1 Å². The minimum atomic E-state index is -0.331. The number of para-hydroxylation sites is 1. The summed E-state index contributed by atoms with van der Waals surface area (Å²) in [5.41, 5.74) is 4.21. The van der Waals surface area contributed by atoms with E-state index in [0.717, 1.165) is 16.8 Å². The van der Waals surface area contributed by atoms with Crippen molar-refractivity contribution in [2.75, 3.05) is 7.11 Å². The first-order valence-electron chi connectivity index (χ1n) is 10.8. The summed E-state index contributed by atoms with van der Waals surface area (Å²) in [4.78, 5) is 24.5. The number of ketones is 1. The maximum absolute atomic E-state index is 13.5. The summed E-state index contributed by atoms with van der Waals surface area (Å²) in [6, 6.07) is 20.7. The SMILES string of the molecule is COc1ccc(C(C)=O)cc1CC(=O)NCc1cn(-c2ccccc2)nc1-c1ccc(F)cc1. The molecule has 1 amide bonds. The summed E-state index contributed by atoms with van der Waals surface area (Å²) in [7, 11) is 1.52. The van der Waals surface area contributed by atoms with E-state index in [1.54, 1.807) is 35.0 Å². The molecule has 0 radical (unpaired) electrons. The van der Waals surface area contributed by atoms with Gasteiger partial charge in [-0.15, -0.1) is 0 Å². The van der Waals surface area contributed by atoms with Crippen LogP contribution < -0.4 is 10.1 Å². The Labute approximate surface area is 197 Å². The highest BCUT2D eigenvalue weighted by molar-refractivity contribution is 5.94. The first-order chi connectivity index (χ1) is 16.4. The van der Waals surface area contributed by atoms with E-state index in [2.05, 4.69) is 10.4 Å². The largest absolute Gasteiger partial charge is 0.496 e. The third-order valence-electron chi connectivity index (χ3n) is 5.44. The van der Waals surface area contributed by atoms with Crippen LogP contribution in [0.15, 0.2) is 79.0 Å². The van der Waals surface area contributed by atoms with Crippen LogP contribution in [0.4, 0.5) is 4.39 Å². The number of Topliss-reactive ketones (excluding diaryl/α,β-unsaturated/α-hetero) is 1. The standard InChI is InChI=1S/C27H24FN3O3/c1-18(32)20-10-13-25(34-2)21(14-20)15-26(33)29-16-22-17-31(24-6-4-3-5-7-24)30-27(22)19-8-11-23(28)12-9-19/h3-14,17H,15-16H2,1-2H3,(H,29,33). The molecule has 172 valence electrons. The number of rotatable bonds is 8. The van der Waals surface area contributed by atoms with Crippen LogP contribution in [0, 0.1) is 5.82 Å². The fourth-order valence-electron chi connectivity index (χ4n) is 3.67. The lowest BCUT2D eigenvalue weighted by Crippen LogP contribution is -2.25. The van der Waals surface area contributed by atoms with Crippen LogP contribution in [0.25, 0.3) is 16.9 Å². The molecule has 0 aliphatic heterocycles. The number of methoxy groups -OCH3 is 1. The zero-order chi connectivity index (χ0) is 24.1. The van der Waals surface area contributed by atoms with Gasteiger partial charge in [-0.05, 0) is 61.5 Å². The second-order valence-corrected chi connectivity index (χ2v) is 7.83.